The zero-order valence-corrected chi connectivity index (χ0v) is 12.7. The molecule has 1 rings (SSSR count). The van der Waals surface area contributed by atoms with E-state index in [4.69, 9.17) is 18.9 Å². The molecule has 1 heterocycles. The second kappa shape index (κ2) is 11.2. The Bertz CT molecular complexity index is 321. The van der Waals surface area contributed by atoms with Crippen LogP contribution in [0.3, 0.4) is 0 Å². The van der Waals surface area contributed by atoms with Gasteiger partial charge in [0, 0.05) is 12.4 Å². The van der Waals surface area contributed by atoms with Gasteiger partial charge in [0.05, 0.1) is 44.9 Å². The third kappa shape index (κ3) is 8.15. The quantitative estimate of drug-likeness (QED) is 0.458. The number of aromatic nitrogens is 1. The maximum Gasteiger partial charge on any atom is 0.137 e. The van der Waals surface area contributed by atoms with Crippen molar-refractivity contribution in [3.05, 3.63) is 24.0 Å². The first-order chi connectivity index (χ1) is 9.36. The van der Waals surface area contributed by atoms with Crippen LogP contribution in [0.5, 0.6) is 5.75 Å². The number of methoxy groups -OCH3 is 1. The normalized spacial score (nSPS) is 10.6. The maximum absolute atomic E-state index is 5.49. The zero-order chi connectivity index (χ0) is 13.8. The van der Waals surface area contributed by atoms with Gasteiger partial charge in [-0.1, -0.05) is 15.9 Å². The SMILES string of the molecule is COCCOCCOCCOc1ccc(CBr)nc1. The Hall–Kier alpha value is -0.690. The Kier molecular flexibility index (Phi) is 9.61. The summed E-state index contributed by atoms with van der Waals surface area (Å²) < 4.78 is 21.0. The van der Waals surface area contributed by atoms with E-state index < -0.39 is 0 Å². The molecule has 0 unspecified atom stereocenters. The van der Waals surface area contributed by atoms with Gasteiger partial charge in [-0.15, -0.1) is 0 Å². The minimum atomic E-state index is 0.507. The lowest BCUT2D eigenvalue weighted by Gasteiger charge is -2.07. The van der Waals surface area contributed by atoms with Gasteiger partial charge in [-0.25, -0.2) is 0 Å². The molecular formula is C13H20BrNO4. The highest BCUT2D eigenvalue weighted by Gasteiger charge is 1.96. The largest absolute Gasteiger partial charge is 0.490 e. The van der Waals surface area contributed by atoms with Crippen molar-refractivity contribution in [1.82, 2.24) is 4.98 Å². The molecule has 0 aliphatic rings. The summed E-state index contributed by atoms with van der Waals surface area (Å²) in [5.41, 5.74) is 0.983. The highest BCUT2D eigenvalue weighted by molar-refractivity contribution is 9.08. The lowest BCUT2D eigenvalue weighted by atomic mass is 10.4. The van der Waals surface area contributed by atoms with E-state index in [0.29, 0.717) is 39.6 Å². The van der Waals surface area contributed by atoms with E-state index >= 15 is 0 Å². The van der Waals surface area contributed by atoms with Crippen molar-refractivity contribution in [2.75, 3.05) is 46.8 Å². The molecule has 19 heavy (non-hydrogen) atoms. The topological polar surface area (TPSA) is 49.8 Å². The van der Waals surface area contributed by atoms with Crippen molar-refractivity contribution < 1.29 is 18.9 Å². The van der Waals surface area contributed by atoms with Crippen LogP contribution >= 0.6 is 15.9 Å². The number of ether oxygens (including phenoxy) is 4. The minimum absolute atomic E-state index is 0.507. The summed E-state index contributed by atoms with van der Waals surface area (Å²) in [7, 11) is 1.65. The summed E-state index contributed by atoms with van der Waals surface area (Å²) in [4.78, 5) is 4.21. The number of nitrogens with zero attached hydrogens (tertiary/aromatic N) is 1. The Morgan fingerprint density at radius 3 is 2.26 bits per heavy atom. The average molecular weight is 334 g/mol. The van der Waals surface area contributed by atoms with Gasteiger partial charge in [0.1, 0.15) is 12.4 Å². The summed E-state index contributed by atoms with van der Waals surface area (Å²) in [6.45, 7) is 3.39. The maximum atomic E-state index is 5.49. The van der Waals surface area contributed by atoms with Crippen LogP contribution in [0.4, 0.5) is 0 Å². The zero-order valence-electron chi connectivity index (χ0n) is 11.1. The molecule has 0 spiro atoms. The second-order valence-electron chi connectivity index (χ2n) is 3.68. The fraction of sp³-hybridized carbons (Fsp3) is 0.615. The lowest BCUT2D eigenvalue weighted by Crippen LogP contribution is -2.12. The van der Waals surface area contributed by atoms with E-state index in [2.05, 4.69) is 20.9 Å². The molecule has 0 aliphatic carbocycles. The number of halogens is 1. The molecule has 0 amide bonds. The number of hydrogen-bond acceptors (Lipinski definition) is 5. The van der Waals surface area contributed by atoms with Crippen molar-refractivity contribution in [3.63, 3.8) is 0 Å². The Morgan fingerprint density at radius 2 is 1.68 bits per heavy atom. The van der Waals surface area contributed by atoms with E-state index in [1.165, 1.54) is 0 Å². The van der Waals surface area contributed by atoms with Crippen LogP contribution in [0.1, 0.15) is 5.69 Å². The first kappa shape index (κ1) is 16.4. The number of pyridine rings is 1. The van der Waals surface area contributed by atoms with Gasteiger partial charge < -0.3 is 18.9 Å². The van der Waals surface area contributed by atoms with Crippen LogP contribution in [0.15, 0.2) is 18.3 Å². The monoisotopic (exact) mass is 333 g/mol. The molecule has 5 nitrogen and oxygen atoms in total. The molecule has 0 N–H and O–H groups in total. The smallest absolute Gasteiger partial charge is 0.137 e. The average Bonchev–Trinajstić information content (AvgIpc) is 2.46. The molecular weight excluding hydrogens is 314 g/mol. The predicted octanol–water partition coefficient (Wildman–Crippen LogP) is 2.03. The highest BCUT2D eigenvalue weighted by atomic mass is 79.9. The van der Waals surface area contributed by atoms with Crippen molar-refractivity contribution in [2.24, 2.45) is 0 Å². The molecule has 0 fully saturated rings. The summed E-state index contributed by atoms with van der Waals surface area (Å²) in [6, 6.07) is 3.83. The molecule has 0 saturated carbocycles. The fourth-order valence-electron chi connectivity index (χ4n) is 1.26. The third-order valence-electron chi connectivity index (χ3n) is 2.23. The summed E-state index contributed by atoms with van der Waals surface area (Å²) in [6.07, 6.45) is 1.71. The van der Waals surface area contributed by atoms with Crippen molar-refractivity contribution in [3.8, 4) is 5.75 Å². The van der Waals surface area contributed by atoms with Crippen molar-refractivity contribution >= 4 is 15.9 Å². The predicted molar refractivity (Wildman–Crippen MR) is 75.9 cm³/mol. The Balaban J connectivity index is 1.95. The minimum Gasteiger partial charge on any atom is -0.490 e. The molecule has 0 aliphatic heterocycles. The van der Waals surface area contributed by atoms with E-state index in [9.17, 15) is 0 Å². The molecule has 0 aromatic carbocycles. The number of hydrogen-bond donors (Lipinski definition) is 0. The van der Waals surface area contributed by atoms with Gasteiger partial charge in [-0.05, 0) is 12.1 Å². The van der Waals surface area contributed by atoms with Crippen LogP contribution in [-0.2, 0) is 19.5 Å². The van der Waals surface area contributed by atoms with Crippen molar-refractivity contribution in [2.45, 2.75) is 5.33 Å². The standard InChI is InChI=1S/C13H20BrNO4/c1-16-4-5-17-6-7-18-8-9-19-13-3-2-12(10-14)15-11-13/h2-3,11H,4-10H2,1H3. The van der Waals surface area contributed by atoms with E-state index in [0.717, 1.165) is 16.8 Å². The molecule has 0 atom stereocenters. The molecule has 0 saturated heterocycles. The fourth-order valence-corrected chi connectivity index (χ4v) is 1.59. The molecule has 6 heteroatoms. The summed E-state index contributed by atoms with van der Waals surface area (Å²) >= 11 is 3.34. The van der Waals surface area contributed by atoms with Gasteiger partial charge >= 0.3 is 0 Å². The van der Waals surface area contributed by atoms with Crippen molar-refractivity contribution in [1.29, 1.82) is 0 Å². The van der Waals surface area contributed by atoms with E-state index in [-0.39, 0.29) is 0 Å². The Morgan fingerprint density at radius 1 is 1.00 bits per heavy atom. The lowest BCUT2D eigenvalue weighted by molar-refractivity contribution is 0.0179. The Labute approximate surface area is 122 Å². The summed E-state index contributed by atoms with van der Waals surface area (Å²) in [5, 5.41) is 0.749. The number of rotatable bonds is 11. The van der Waals surface area contributed by atoms with Gasteiger partial charge in [-0.3, -0.25) is 4.98 Å². The molecule has 0 bridgehead atoms. The highest BCUT2D eigenvalue weighted by Crippen LogP contribution is 2.10. The van der Waals surface area contributed by atoms with Crippen LogP contribution in [-0.4, -0.2) is 51.7 Å². The number of alkyl halides is 1. The first-order valence-electron chi connectivity index (χ1n) is 6.15. The van der Waals surface area contributed by atoms with Crippen LogP contribution in [0, 0.1) is 0 Å². The molecule has 1 aromatic rings. The molecule has 1 aromatic heterocycles. The molecule has 0 radical (unpaired) electrons. The van der Waals surface area contributed by atoms with Gasteiger partial charge in [0.2, 0.25) is 0 Å². The van der Waals surface area contributed by atoms with Crippen LogP contribution < -0.4 is 4.74 Å². The van der Waals surface area contributed by atoms with E-state index in [1.54, 1.807) is 13.3 Å². The third-order valence-corrected chi connectivity index (χ3v) is 2.81. The van der Waals surface area contributed by atoms with Gasteiger partial charge in [0.25, 0.3) is 0 Å². The summed E-state index contributed by atoms with van der Waals surface area (Å²) in [5.74, 6) is 0.754. The van der Waals surface area contributed by atoms with Gasteiger partial charge in [0.15, 0.2) is 0 Å². The molecule has 108 valence electrons. The first-order valence-corrected chi connectivity index (χ1v) is 7.27. The second-order valence-corrected chi connectivity index (χ2v) is 4.25. The van der Waals surface area contributed by atoms with Crippen LogP contribution in [0.25, 0.3) is 0 Å². The van der Waals surface area contributed by atoms with E-state index in [1.807, 2.05) is 12.1 Å². The van der Waals surface area contributed by atoms with Crippen LogP contribution in [0.2, 0.25) is 0 Å². The van der Waals surface area contributed by atoms with Gasteiger partial charge in [-0.2, -0.15) is 0 Å².